The van der Waals surface area contributed by atoms with E-state index in [2.05, 4.69) is 0 Å². The molecule has 26 heavy (non-hydrogen) atoms. The number of quaternary nitrogens is 1. The molecule has 1 saturated heterocycles. The third-order valence-electron chi connectivity index (χ3n) is 5.21. The van der Waals surface area contributed by atoms with Crippen LogP contribution in [0.15, 0.2) is 53.4 Å². The summed E-state index contributed by atoms with van der Waals surface area (Å²) in [4.78, 5) is 1.60. The zero-order chi connectivity index (χ0) is 18.7. The second-order valence-corrected chi connectivity index (χ2v) is 8.97. The average molecular weight is 376 g/mol. The summed E-state index contributed by atoms with van der Waals surface area (Å²) in [5.74, 6) is 0. The van der Waals surface area contributed by atoms with Crippen LogP contribution in [0.3, 0.4) is 0 Å². The fourth-order valence-corrected chi connectivity index (χ4v) is 4.86. The first-order valence-corrected chi connectivity index (χ1v) is 10.5. The molecule has 6 heteroatoms. The number of nitrogens with one attached hydrogen (secondary N) is 1. The maximum atomic E-state index is 12.9. The van der Waals surface area contributed by atoms with Crippen LogP contribution in [0, 0.1) is 13.8 Å². The lowest BCUT2D eigenvalue weighted by atomic mass is 10.1. The monoisotopic (exact) mass is 375 g/mol. The Balaban J connectivity index is 1.61. The van der Waals surface area contributed by atoms with Crippen LogP contribution in [0.2, 0.25) is 0 Å². The molecule has 0 amide bonds. The van der Waals surface area contributed by atoms with Crippen molar-refractivity contribution in [3.63, 3.8) is 0 Å². The van der Waals surface area contributed by atoms with Gasteiger partial charge in [0.05, 0.1) is 31.1 Å². The zero-order valence-electron chi connectivity index (χ0n) is 15.4. The summed E-state index contributed by atoms with van der Waals surface area (Å²) >= 11 is 0. The molecule has 0 spiro atoms. The summed E-state index contributed by atoms with van der Waals surface area (Å²) in [5, 5.41) is 10.4. The summed E-state index contributed by atoms with van der Waals surface area (Å²) in [6.45, 7) is 6.87. The van der Waals surface area contributed by atoms with Gasteiger partial charge in [-0.3, -0.25) is 0 Å². The Morgan fingerprint density at radius 2 is 1.69 bits per heavy atom. The first-order valence-electron chi connectivity index (χ1n) is 9.02. The molecule has 1 aliphatic heterocycles. The summed E-state index contributed by atoms with van der Waals surface area (Å²) in [5.41, 5.74) is 2.99. The minimum Gasteiger partial charge on any atom is -0.382 e. The van der Waals surface area contributed by atoms with E-state index in [1.165, 1.54) is 4.90 Å². The lowest BCUT2D eigenvalue weighted by Crippen LogP contribution is -3.15. The highest BCUT2D eigenvalue weighted by Crippen LogP contribution is 2.19. The van der Waals surface area contributed by atoms with E-state index in [1.807, 2.05) is 50.2 Å². The third-order valence-corrected chi connectivity index (χ3v) is 7.11. The van der Waals surface area contributed by atoms with Gasteiger partial charge < -0.3 is 10.0 Å². The fourth-order valence-electron chi connectivity index (χ4n) is 3.34. The molecule has 1 atom stereocenters. The largest absolute Gasteiger partial charge is 0.382 e. The highest BCUT2D eigenvalue weighted by molar-refractivity contribution is 7.89. The number of benzene rings is 2. The van der Waals surface area contributed by atoms with Crippen LogP contribution >= 0.6 is 0 Å². The number of hydrogen-bond donors (Lipinski definition) is 2. The number of sulfonamides is 1. The maximum absolute atomic E-state index is 12.9. The predicted octanol–water partition coefficient (Wildman–Crippen LogP) is 0.926. The normalized spacial score (nSPS) is 18.0. The van der Waals surface area contributed by atoms with Crippen molar-refractivity contribution in [2.24, 2.45) is 0 Å². The van der Waals surface area contributed by atoms with E-state index in [1.54, 1.807) is 16.4 Å². The van der Waals surface area contributed by atoms with Crippen LogP contribution in [0.5, 0.6) is 0 Å². The maximum Gasteiger partial charge on any atom is 0.243 e. The standard InChI is InChI=1S/C20H26N2O3S/c1-16-8-9-19(14-17(16)2)26(24,25)22-12-10-21(11-13-22)15-20(23)18-6-4-3-5-7-18/h3-9,14,20,23H,10-13,15H2,1-2H3/p+1/t20-/m1/s1. The number of aryl methyl sites for hydroxylation is 2. The van der Waals surface area contributed by atoms with Crippen molar-refractivity contribution in [1.29, 1.82) is 0 Å². The summed E-state index contributed by atoms with van der Waals surface area (Å²) in [6.07, 6.45) is -0.519. The van der Waals surface area contributed by atoms with Gasteiger partial charge in [0.25, 0.3) is 0 Å². The molecule has 2 aromatic carbocycles. The van der Waals surface area contributed by atoms with E-state index in [0.717, 1.165) is 16.7 Å². The van der Waals surface area contributed by atoms with Gasteiger partial charge in [-0.15, -0.1) is 0 Å². The third kappa shape index (κ3) is 4.15. The molecule has 1 heterocycles. The Bertz CT molecular complexity index is 845. The molecular weight excluding hydrogens is 348 g/mol. The van der Waals surface area contributed by atoms with Gasteiger partial charge in [0.15, 0.2) is 0 Å². The second-order valence-electron chi connectivity index (χ2n) is 7.03. The van der Waals surface area contributed by atoms with Gasteiger partial charge in [-0.1, -0.05) is 36.4 Å². The number of aliphatic hydroxyl groups excluding tert-OH is 1. The fraction of sp³-hybridized carbons (Fsp3) is 0.400. The van der Waals surface area contributed by atoms with Gasteiger partial charge in [-0.05, 0) is 42.7 Å². The molecule has 3 rings (SSSR count). The molecule has 1 aliphatic rings. The van der Waals surface area contributed by atoms with Crippen molar-refractivity contribution in [3.8, 4) is 0 Å². The van der Waals surface area contributed by atoms with E-state index in [9.17, 15) is 13.5 Å². The first kappa shape index (κ1) is 19.0. The Labute approximate surface area is 155 Å². The van der Waals surface area contributed by atoms with E-state index in [4.69, 9.17) is 0 Å². The van der Waals surface area contributed by atoms with E-state index >= 15 is 0 Å². The molecule has 5 nitrogen and oxygen atoms in total. The van der Waals surface area contributed by atoms with Crippen molar-refractivity contribution >= 4 is 10.0 Å². The van der Waals surface area contributed by atoms with E-state index in [-0.39, 0.29) is 0 Å². The second kappa shape index (κ2) is 7.88. The van der Waals surface area contributed by atoms with Gasteiger partial charge in [0, 0.05) is 0 Å². The molecule has 1 fully saturated rings. The number of nitrogens with zero attached hydrogens (tertiary/aromatic N) is 1. The van der Waals surface area contributed by atoms with Crippen molar-refractivity contribution < 1.29 is 18.4 Å². The molecule has 0 radical (unpaired) electrons. The minimum absolute atomic E-state index is 0.369. The quantitative estimate of drug-likeness (QED) is 0.817. The Hall–Kier alpha value is -1.73. The average Bonchev–Trinajstić information content (AvgIpc) is 2.65. The molecule has 2 N–H and O–H groups in total. The molecule has 0 unspecified atom stereocenters. The summed E-state index contributed by atoms with van der Waals surface area (Å²) in [6, 6.07) is 14.9. The minimum atomic E-state index is -3.45. The zero-order valence-corrected chi connectivity index (χ0v) is 16.2. The number of piperazine rings is 1. The van der Waals surface area contributed by atoms with Gasteiger partial charge in [0.2, 0.25) is 10.0 Å². The van der Waals surface area contributed by atoms with Crippen molar-refractivity contribution in [2.45, 2.75) is 24.8 Å². The molecule has 0 aliphatic carbocycles. The molecule has 2 aromatic rings. The lowest BCUT2D eigenvalue weighted by molar-refractivity contribution is -0.907. The molecular formula is C20H27N2O3S+. The molecule has 0 aromatic heterocycles. The highest BCUT2D eigenvalue weighted by Gasteiger charge is 2.31. The van der Waals surface area contributed by atoms with E-state index in [0.29, 0.717) is 37.6 Å². The van der Waals surface area contributed by atoms with Crippen molar-refractivity contribution in [1.82, 2.24) is 4.31 Å². The number of rotatable bonds is 5. The van der Waals surface area contributed by atoms with Crippen LogP contribution < -0.4 is 4.90 Å². The molecule has 140 valence electrons. The lowest BCUT2D eigenvalue weighted by Gasteiger charge is -2.32. The highest BCUT2D eigenvalue weighted by atomic mass is 32.2. The number of hydrogen-bond acceptors (Lipinski definition) is 3. The van der Waals surface area contributed by atoms with Gasteiger partial charge >= 0.3 is 0 Å². The SMILES string of the molecule is Cc1ccc(S(=O)(=O)N2CC[NH+](C[C@@H](O)c3ccccc3)CC2)cc1C. The van der Waals surface area contributed by atoms with Crippen molar-refractivity contribution in [2.75, 3.05) is 32.7 Å². The summed E-state index contributed by atoms with van der Waals surface area (Å²) in [7, 11) is -3.45. The molecule has 0 bridgehead atoms. The Kier molecular flexibility index (Phi) is 5.77. The van der Waals surface area contributed by atoms with Gasteiger partial charge in [-0.25, -0.2) is 8.42 Å². The van der Waals surface area contributed by atoms with Crippen molar-refractivity contribution in [3.05, 3.63) is 65.2 Å². The van der Waals surface area contributed by atoms with Crippen LogP contribution in [-0.4, -0.2) is 50.6 Å². The smallest absolute Gasteiger partial charge is 0.243 e. The van der Waals surface area contributed by atoms with Gasteiger partial charge in [0.1, 0.15) is 12.6 Å². The van der Waals surface area contributed by atoms with Crippen LogP contribution in [-0.2, 0) is 10.0 Å². The topological polar surface area (TPSA) is 62.0 Å². The van der Waals surface area contributed by atoms with Gasteiger partial charge in [-0.2, -0.15) is 4.31 Å². The number of aliphatic hydroxyl groups is 1. The van der Waals surface area contributed by atoms with Crippen LogP contribution in [0.4, 0.5) is 0 Å². The molecule has 0 saturated carbocycles. The van der Waals surface area contributed by atoms with E-state index < -0.39 is 16.1 Å². The summed E-state index contributed by atoms with van der Waals surface area (Å²) < 4.78 is 27.3. The van der Waals surface area contributed by atoms with Crippen LogP contribution in [0.25, 0.3) is 0 Å². The van der Waals surface area contributed by atoms with Crippen LogP contribution in [0.1, 0.15) is 22.8 Å². The Morgan fingerprint density at radius 3 is 2.31 bits per heavy atom. The first-order chi connectivity index (χ1) is 12.4. The Morgan fingerprint density at radius 1 is 1.04 bits per heavy atom. The predicted molar refractivity (Wildman–Crippen MR) is 102 cm³/mol.